The van der Waals surface area contributed by atoms with E-state index < -0.39 is 5.82 Å². The highest BCUT2D eigenvalue weighted by molar-refractivity contribution is 9.10. The first-order valence-corrected chi connectivity index (χ1v) is 12.2. The second-order valence-corrected chi connectivity index (χ2v) is 9.45. The zero-order valence-electron chi connectivity index (χ0n) is 18.5. The van der Waals surface area contributed by atoms with Gasteiger partial charge in [-0.15, -0.1) is 10.2 Å². The van der Waals surface area contributed by atoms with E-state index in [0.717, 1.165) is 26.9 Å². The smallest absolute Gasteiger partial charge is 0.250 e. The number of halogens is 2. The number of hydrogen-bond acceptors (Lipinski definition) is 5. The minimum absolute atomic E-state index is 0.0657. The molecule has 1 aromatic heterocycles. The zero-order chi connectivity index (χ0) is 24.1. The highest BCUT2D eigenvalue weighted by Crippen LogP contribution is 2.28. The third kappa shape index (κ3) is 5.78. The minimum Gasteiger partial charge on any atom is -0.272 e. The molecule has 1 heterocycles. The van der Waals surface area contributed by atoms with Crippen LogP contribution >= 0.6 is 27.7 Å². The Morgan fingerprint density at radius 1 is 1.06 bits per heavy atom. The molecule has 3 aromatic carbocycles. The van der Waals surface area contributed by atoms with Gasteiger partial charge in [0.2, 0.25) is 0 Å². The van der Waals surface area contributed by atoms with Crippen molar-refractivity contribution < 1.29 is 9.18 Å². The van der Waals surface area contributed by atoms with E-state index >= 15 is 0 Å². The molecule has 0 saturated heterocycles. The van der Waals surface area contributed by atoms with Crippen molar-refractivity contribution >= 4 is 39.8 Å². The number of carbonyl (C=O) groups excluding carboxylic acids is 1. The largest absolute Gasteiger partial charge is 0.272 e. The third-order valence-electron chi connectivity index (χ3n) is 4.92. The summed E-state index contributed by atoms with van der Waals surface area (Å²) < 4.78 is 16.5. The van der Waals surface area contributed by atoms with Crippen LogP contribution in [-0.4, -0.2) is 32.6 Å². The van der Waals surface area contributed by atoms with Gasteiger partial charge in [0.05, 0.1) is 12.0 Å². The van der Waals surface area contributed by atoms with E-state index in [1.54, 1.807) is 12.1 Å². The quantitative estimate of drug-likeness (QED) is 0.186. The van der Waals surface area contributed by atoms with Crippen LogP contribution in [-0.2, 0) is 4.79 Å². The monoisotopic (exact) mass is 537 g/mol. The maximum atomic E-state index is 13.8. The molecule has 0 aliphatic heterocycles. The molecule has 0 aliphatic carbocycles. The van der Waals surface area contributed by atoms with Gasteiger partial charge in [0.15, 0.2) is 11.0 Å². The van der Waals surface area contributed by atoms with Crippen molar-refractivity contribution in [2.24, 2.45) is 5.10 Å². The Morgan fingerprint density at radius 2 is 1.74 bits per heavy atom. The summed E-state index contributed by atoms with van der Waals surface area (Å²) in [5.41, 5.74) is 6.82. The van der Waals surface area contributed by atoms with Crippen LogP contribution in [0.3, 0.4) is 0 Å². The van der Waals surface area contributed by atoms with Gasteiger partial charge in [-0.1, -0.05) is 75.2 Å². The average molecular weight is 538 g/mol. The summed E-state index contributed by atoms with van der Waals surface area (Å²) >= 11 is 4.53. The second kappa shape index (κ2) is 10.8. The lowest BCUT2D eigenvalue weighted by atomic mass is 10.1. The van der Waals surface area contributed by atoms with E-state index in [0.29, 0.717) is 11.0 Å². The summed E-state index contributed by atoms with van der Waals surface area (Å²) in [6, 6.07) is 20.6. The summed E-state index contributed by atoms with van der Waals surface area (Å²) in [4.78, 5) is 12.4. The Kier molecular flexibility index (Phi) is 7.54. The summed E-state index contributed by atoms with van der Waals surface area (Å²) in [6.07, 6.45) is 1.27. The number of aromatic nitrogens is 3. The molecule has 0 unspecified atom stereocenters. The molecule has 1 amide bonds. The Hall–Kier alpha value is -3.30. The van der Waals surface area contributed by atoms with Gasteiger partial charge in [-0.3, -0.25) is 9.36 Å². The van der Waals surface area contributed by atoms with E-state index in [2.05, 4.69) is 36.7 Å². The lowest BCUT2D eigenvalue weighted by Gasteiger charge is -2.11. The summed E-state index contributed by atoms with van der Waals surface area (Å²) in [5, 5.41) is 13.2. The van der Waals surface area contributed by atoms with Crippen molar-refractivity contribution in [3.05, 3.63) is 93.7 Å². The van der Waals surface area contributed by atoms with Gasteiger partial charge in [0, 0.05) is 21.3 Å². The van der Waals surface area contributed by atoms with Crippen LogP contribution in [0, 0.1) is 19.7 Å². The number of hydrazone groups is 1. The van der Waals surface area contributed by atoms with E-state index in [1.165, 1.54) is 24.0 Å². The van der Waals surface area contributed by atoms with E-state index in [1.807, 2.05) is 66.9 Å². The van der Waals surface area contributed by atoms with E-state index in [9.17, 15) is 9.18 Å². The van der Waals surface area contributed by atoms with Crippen molar-refractivity contribution in [3.8, 4) is 17.1 Å². The van der Waals surface area contributed by atoms with Gasteiger partial charge in [0.25, 0.3) is 5.91 Å². The first-order valence-electron chi connectivity index (χ1n) is 10.4. The molecule has 6 nitrogen and oxygen atoms in total. The lowest BCUT2D eigenvalue weighted by molar-refractivity contribution is -0.118. The molecule has 1 N–H and O–H groups in total. The Bertz CT molecular complexity index is 1340. The zero-order valence-corrected chi connectivity index (χ0v) is 20.9. The topological polar surface area (TPSA) is 72.2 Å². The van der Waals surface area contributed by atoms with Crippen LogP contribution in [0.5, 0.6) is 0 Å². The number of thioether (sulfide) groups is 1. The molecule has 0 saturated carbocycles. The summed E-state index contributed by atoms with van der Waals surface area (Å²) in [5.74, 6) is -0.0109. The second-order valence-electron chi connectivity index (χ2n) is 7.59. The number of hydrogen-bond donors (Lipinski definition) is 1. The van der Waals surface area contributed by atoms with Crippen LogP contribution in [0.15, 0.2) is 81.5 Å². The van der Waals surface area contributed by atoms with Crippen LogP contribution in [0.2, 0.25) is 0 Å². The van der Waals surface area contributed by atoms with Gasteiger partial charge >= 0.3 is 0 Å². The first kappa shape index (κ1) is 23.8. The first-order chi connectivity index (χ1) is 16.4. The van der Waals surface area contributed by atoms with Gasteiger partial charge in [0.1, 0.15) is 5.82 Å². The fourth-order valence-electron chi connectivity index (χ4n) is 3.13. The van der Waals surface area contributed by atoms with Crippen molar-refractivity contribution in [1.29, 1.82) is 0 Å². The van der Waals surface area contributed by atoms with Crippen LogP contribution in [0.25, 0.3) is 17.1 Å². The summed E-state index contributed by atoms with van der Waals surface area (Å²) in [6.45, 7) is 4.05. The Morgan fingerprint density at radius 3 is 2.44 bits per heavy atom. The normalized spacial score (nSPS) is 11.2. The fourth-order valence-corrected chi connectivity index (χ4v) is 4.25. The van der Waals surface area contributed by atoms with E-state index in [-0.39, 0.29) is 17.2 Å². The standard InChI is InChI=1S/C25H21BrFN5OS/c1-16-3-7-18(8-4-16)24-30-31-25(32(24)21-10-5-17(2)6-11-21)34-15-23(33)29-28-14-19-13-20(26)9-12-22(19)27/h3-14H,15H2,1-2H3,(H,29,33). The molecule has 0 radical (unpaired) electrons. The Labute approximate surface area is 209 Å². The minimum atomic E-state index is -0.426. The average Bonchev–Trinajstić information content (AvgIpc) is 3.25. The molecule has 0 atom stereocenters. The molecule has 0 bridgehead atoms. The van der Waals surface area contributed by atoms with Crippen LogP contribution in [0.4, 0.5) is 4.39 Å². The van der Waals surface area contributed by atoms with Crippen molar-refractivity contribution in [2.75, 3.05) is 5.75 Å². The van der Waals surface area contributed by atoms with Crippen molar-refractivity contribution in [2.45, 2.75) is 19.0 Å². The molecular formula is C25H21BrFN5OS. The molecule has 4 aromatic rings. The SMILES string of the molecule is Cc1ccc(-c2nnc(SCC(=O)NN=Cc3cc(Br)ccc3F)n2-c2ccc(C)cc2)cc1. The molecule has 0 spiro atoms. The highest BCUT2D eigenvalue weighted by Gasteiger charge is 2.17. The molecule has 4 rings (SSSR count). The fraction of sp³-hybridized carbons (Fsp3) is 0.120. The molecular weight excluding hydrogens is 517 g/mol. The maximum Gasteiger partial charge on any atom is 0.250 e. The number of carbonyl (C=O) groups is 1. The number of aryl methyl sites for hydroxylation is 2. The number of nitrogens with one attached hydrogen (secondary N) is 1. The molecule has 0 fully saturated rings. The van der Waals surface area contributed by atoms with Gasteiger partial charge < -0.3 is 0 Å². The van der Waals surface area contributed by atoms with Crippen LogP contribution < -0.4 is 5.43 Å². The maximum absolute atomic E-state index is 13.8. The van der Waals surface area contributed by atoms with E-state index in [4.69, 9.17) is 0 Å². The van der Waals surface area contributed by atoms with Crippen LogP contribution in [0.1, 0.15) is 16.7 Å². The predicted molar refractivity (Wildman–Crippen MR) is 137 cm³/mol. The molecule has 34 heavy (non-hydrogen) atoms. The molecule has 172 valence electrons. The molecule has 0 aliphatic rings. The lowest BCUT2D eigenvalue weighted by Crippen LogP contribution is -2.20. The predicted octanol–water partition coefficient (Wildman–Crippen LogP) is 5.70. The van der Waals surface area contributed by atoms with Crippen molar-refractivity contribution in [3.63, 3.8) is 0 Å². The van der Waals surface area contributed by atoms with Gasteiger partial charge in [-0.05, 0) is 44.2 Å². The third-order valence-corrected chi connectivity index (χ3v) is 6.34. The summed E-state index contributed by atoms with van der Waals surface area (Å²) in [7, 11) is 0. The molecule has 9 heteroatoms. The van der Waals surface area contributed by atoms with Gasteiger partial charge in [-0.2, -0.15) is 5.10 Å². The Balaban J connectivity index is 1.51. The highest BCUT2D eigenvalue weighted by atomic mass is 79.9. The number of rotatable bonds is 7. The number of benzene rings is 3. The van der Waals surface area contributed by atoms with Crippen molar-refractivity contribution in [1.82, 2.24) is 20.2 Å². The number of nitrogens with zero attached hydrogens (tertiary/aromatic N) is 4. The number of amides is 1. The van der Waals surface area contributed by atoms with Gasteiger partial charge in [-0.25, -0.2) is 9.82 Å².